The first-order valence-electron chi connectivity index (χ1n) is 6.27. The number of nitrogen functional groups attached to an aromatic ring is 1. The van der Waals surface area contributed by atoms with Crippen molar-refractivity contribution in [2.24, 2.45) is 0 Å². The molecule has 0 fully saturated rings. The van der Waals surface area contributed by atoms with E-state index in [1.807, 2.05) is 11.9 Å². The van der Waals surface area contributed by atoms with Crippen molar-refractivity contribution in [1.29, 1.82) is 0 Å². The number of pyridine rings is 1. The Kier molecular flexibility index (Phi) is 6.08. The first kappa shape index (κ1) is 15.2. The molecule has 0 saturated heterocycles. The van der Waals surface area contributed by atoms with Gasteiger partial charge in [-0.3, -0.25) is 0 Å². The lowest BCUT2D eigenvalue weighted by molar-refractivity contribution is 0.0594. The molecule has 1 heterocycles. The van der Waals surface area contributed by atoms with E-state index in [1.165, 1.54) is 7.11 Å². The number of aliphatic hydroxyl groups is 1. The molecule has 0 aromatic carbocycles. The Balaban J connectivity index is 2.72. The van der Waals surface area contributed by atoms with Crippen LogP contribution in [-0.2, 0) is 4.74 Å². The van der Waals surface area contributed by atoms with Crippen molar-refractivity contribution < 1.29 is 14.6 Å². The molecule has 0 aliphatic rings. The highest BCUT2D eigenvalue weighted by Crippen LogP contribution is 2.20. The van der Waals surface area contributed by atoms with Gasteiger partial charge in [-0.2, -0.15) is 0 Å². The van der Waals surface area contributed by atoms with E-state index < -0.39 is 5.97 Å². The number of hydrogen-bond acceptors (Lipinski definition) is 6. The quantitative estimate of drug-likeness (QED) is 0.567. The number of anilines is 2. The second-order valence-corrected chi connectivity index (χ2v) is 4.31. The monoisotopic (exact) mass is 267 g/mol. The predicted octanol–water partition coefficient (Wildman–Crippen LogP) is 1.05. The van der Waals surface area contributed by atoms with Crippen LogP contribution in [0.25, 0.3) is 0 Å². The van der Waals surface area contributed by atoms with Crippen LogP contribution in [0.4, 0.5) is 11.5 Å². The van der Waals surface area contributed by atoms with Gasteiger partial charge in [0.1, 0.15) is 0 Å². The molecule has 6 nitrogen and oxygen atoms in total. The molecule has 106 valence electrons. The third-order valence-corrected chi connectivity index (χ3v) is 2.81. The molecular formula is C13H21N3O3. The van der Waals surface area contributed by atoms with E-state index in [1.54, 1.807) is 12.1 Å². The minimum Gasteiger partial charge on any atom is -0.464 e. The number of aliphatic hydroxyl groups excluding tert-OH is 1. The number of nitrogens with two attached hydrogens (primary N) is 1. The smallest absolute Gasteiger partial charge is 0.356 e. The van der Waals surface area contributed by atoms with Crippen molar-refractivity contribution in [1.82, 2.24) is 4.98 Å². The van der Waals surface area contributed by atoms with Gasteiger partial charge in [-0.25, -0.2) is 9.78 Å². The molecule has 0 spiro atoms. The van der Waals surface area contributed by atoms with Crippen LogP contribution in [0.15, 0.2) is 12.1 Å². The Bertz CT molecular complexity index is 424. The van der Waals surface area contributed by atoms with Crippen molar-refractivity contribution in [3.63, 3.8) is 0 Å². The van der Waals surface area contributed by atoms with E-state index in [9.17, 15) is 4.79 Å². The second kappa shape index (κ2) is 7.58. The van der Waals surface area contributed by atoms with Gasteiger partial charge in [0.25, 0.3) is 0 Å². The van der Waals surface area contributed by atoms with Gasteiger partial charge in [-0.1, -0.05) is 0 Å². The second-order valence-electron chi connectivity index (χ2n) is 4.31. The standard InChI is InChI=1S/C13H21N3O3/c1-16(8-4-3-5-9-17)12-10(14)6-7-11(15-12)13(18)19-2/h6-7,17H,3-5,8-9,14H2,1-2H3. The van der Waals surface area contributed by atoms with Crippen LogP contribution in [0.2, 0.25) is 0 Å². The largest absolute Gasteiger partial charge is 0.464 e. The van der Waals surface area contributed by atoms with Gasteiger partial charge in [-0.15, -0.1) is 0 Å². The zero-order valence-corrected chi connectivity index (χ0v) is 11.4. The number of carbonyl (C=O) groups excluding carboxylic acids is 1. The van der Waals surface area contributed by atoms with Crippen molar-refractivity contribution >= 4 is 17.5 Å². The van der Waals surface area contributed by atoms with Crippen LogP contribution in [0.5, 0.6) is 0 Å². The zero-order valence-electron chi connectivity index (χ0n) is 11.4. The lowest BCUT2D eigenvalue weighted by Gasteiger charge is -2.20. The molecule has 1 aromatic rings. The van der Waals surface area contributed by atoms with E-state index in [0.29, 0.717) is 11.5 Å². The van der Waals surface area contributed by atoms with Crippen LogP contribution in [-0.4, -0.2) is 43.4 Å². The van der Waals surface area contributed by atoms with Gasteiger partial charge in [-0.05, 0) is 31.4 Å². The molecule has 0 unspecified atom stereocenters. The van der Waals surface area contributed by atoms with Crippen LogP contribution < -0.4 is 10.6 Å². The summed E-state index contributed by atoms with van der Waals surface area (Å²) in [6, 6.07) is 3.20. The molecule has 0 saturated carbocycles. The Morgan fingerprint density at radius 1 is 1.42 bits per heavy atom. The Morgan fingerprint density at radius 3 is 2.79 bits per heavy atom. The topological polar surface area (TPSA) is 88.7 Å². The third-order valence-electron chi connectivity index (χ3n) is 2.81. The van der Waals surface area contributed by atoms with Gasteiger partial charge < -0.3 is 20.5 Å². The lowest BCUT2D eigenvalue weighted by atomic mass is 10.2. The SMILES string of the molecule is COC(=O)c1ccc(N)c(N(C)CCCCCO)n1. The number of carbonyl (C=O) groups is 1. The van der Waals surface area contributed by atoms with Crippen molar-refractivity contribution in [3.05, 3.63) is 17.8 Å². The van der Waals surface area contributed by atoms with Crippen LogP contribution in [0.1, 0.15) is 29.8 Å². The highest BCUT2D eigenvalue weighted by Gasteiger charge is 2.13. The number of aromatic nitrogens is 1. The average Bonchev–Trinajstić information content (AvgIpc) is 2.43. The van der Waals surface area contributed by atoms with E-state index >= 15 is 0 Å². The lowest BCUT2D eigenvalue weighted by Crippen LogP contribution is -2.22. The fraction of sp³-hybridized carbons (Fsp3) is 0.538. The van der Waals surface area contributed by atoms with Crippen molar-refractivity contribution in [2.75, 3.05) is 37.9 Å². The van der Waals surface area contributed by atoms with Gasteiger partial charge in [0.05, 0.1) is 12.8 Å². The molecule has 1 aromatic heterocycles. The summed E-state index contributed by atoms with van der Waals surface area (Å²) in [6.45, 7) is 0.976. The number of hydrogen-bond donors (Lipinski definition) is 2. The number of unbranched alkanes of at least 4 members (excludes halogenated alkanes) is 2. The van der Waals surface area contributed by atoms with E-state index in [2.05, 4.69) is 9.72 Å². The molecule has 19 heavy (non-hydrogen) atoms. The summed E-state index contributed by atoms with van der Waals surface area (Å²) >= 11 is 0. The summed E-state index contributed by atoms with van der Waals surface area (Å²) in [5, 5.41) is 8.72. The number of ether oxygens (including phenoxy) is 1. The fourth-order valence-corrected chi connectivity index (χ4v) is 1.73. The molecular weight excluding hydrogens is 246 g/mol. The summed E-state index contributed by atoms with van der Waals surface area (Å²) in [6.07, 6.45) is 2.66. The normalized spacial score (nSPS) is 10.3. The van der Waals surface area contributed by atoms with Crippen LogP contribution in [0.3, 0.4) is 0 Å². The fourth-order valence-electron chi connectivity index (χ4n) is 1.73. The molecule has 0 atom stereocenters. The molecule has 3 N–H and O–H groups in total. The molecule has 0 bridgehead atoms. The predicted molar refractivity (Wildman–Crippen MR) is 74.2 cm³/mol. The number of methoxy groups -OCH3 is 1. The van der Waals surface area contributed by atoms with Crippen molar-refractivity contribution in [2.45, 2.75) is 19.3 Å². The first-order valence-corrected chi connectivity index (χ1v) is 6.27. The molecule has 0 radical (unpaired) electrons. The summed E-state index contributed by atoms with van der Waals surface area (Å²) in [4.78, 5) is 17.5. The molecule has 0 aliphatic carbocycles. The van der Waals surface area contributed by atoms with E-state index in [-0.39, 0.29) is 12.3 Å². The summed E-state index contributed by atoms with van der Waals surface area (Å²) in [5.41, 5.74) is 6.64. The summed E-state index contributed by atoms with van der Waals surface area (Å²) in [5.74, 6) is 0.0989. The minimum absolute atomic E-state index is 0.210. The Labute approximate surface area is 113 Å². The van der Waals surface area contributed by atoms with E-state index in [0.717, 1.165) is 25.8 Å². The maximum absolute atomic E-state index is 11.4. The van der Waals surface area contributed by atoms with Crippen molar-refractivity contribution in [3.8, 4) is 0 Å². The molecule has 1 rings (SSSR count). The molecule has 6 heteroatoms. The zero-order chi connectivity index (χ0) is 14.3. The first-order chi connectivity index (χ1) is 9.10. The third kappa shape index (κ3) is 4.40. The summed E-state index contributed by atoms with van der Waals surface area (Å²) < 4.78 is 4.64. The van der Waals surface area contributed by atoms with Gasteiger partial charge >= 0.3 is 5.97 Å². The number of nitrogens with zero attached hydrogens (tertiary/aromatic N) is 2. The Hall–Kier alpha value is -1.82. The molecule has 0 amide bonds. The summed E-state index contributed by atoms with van der Waals surface area (Å²) in [7, 11) is 3.19. The molecule has 0 aliphatic heterocycles. The van der Waals surface area contributed by atoms with Crippen LogP contribution in [0, 0.1) is 0 Å². The maximum Gasteiger partial charge on any atom is 0.356 e. The van der Waals surface area contributed by atoms with Gasteiger partial charge in [0, 0.05) is 20.2 Å². The highest BCUT2D eigenvalue weighted by molar-refractivity contribution is 5.88. The maximum atomic E-state index is 11.4. The minimum atomic E-state index is -0.477. The van der Waals surface area contributed by atoms with E-state index in [4.69, 9.17) is 10.8 Å². The van der Waals surface area contributed by atoms with Crippen LogP contribution >= 0.6 is 0 Å². The Morgan fingerprint density at radius 2 is 2.16 bits per heavy atom. The van der Waals surface area contributed by atoms with Gasteiger partial charge in [0.15, 0.2) is 11.5 Å². The number of rotatable bonds is 7. The van der Waals surface area contributed by atoms with Gasteiger partial charge in [0.2, 0.25) is 0 Å². The average molecular weight is 267 g/mol. The highest BCUT2D eigenvalue weighted by atomic mass is 16.5. The number of esters is 1.